The Morgan fingerprint density at radius 1 is 1.11 bits per heavy atom. The normalized spacial score (nSPS) is 10.3. The van der Waals surface area contributed by atoms with Crippen LogP contribution < -0.4 is 11.1 Å². The van der Waals surface area contributed by atoms with Crippen LogP contribution in [-0.4, -0.2) is 7.11 Å². The van der Waals surface area contributed by atoms with Gasteiger partial charge in [-0.3, -0.25) is 0 Å². The molecule has 0 spiro atoms. The van der Waals surface area contributed by atoms with E-state index in [2.05, 4.69) is 5.32 Å². The van der Waals surface area contributed by atoms with Crippen molar-refractivity contribution >= 4 is 17.1 Å². The molecule has 0 heterocycles. The third-order valence-corrected chi connectivity index (χ3v) is 2.79. The number of nitrogens with one attached hydrogen (secondary N) is 1. The first-order valence-electron chi connectivity index (χ1n) is 5.90. The number of hydrogen-bond acceptors (Lipinski definition) is 3. The summed E-state index contributed by atoms with van der Waals surface area (Å²) in [6, 6.07) is 14.0. The van der Waals surface area contributed by atoms with Crippen LogP contribution in [0.3, 0.4) is 0 Å². The number of para-hydroxylation sites is 1. The lowest BCUT2D eigenvalue weighted by Gasteiger charge is -2.13. The van der Waals surface area contributed by atoms with Crippen molar-refractivity contribution in [3.8, 4) is 0 Å². The minimum atomic E-state index is 0.578. The molecule has 18 heavy (non-hydrogen) atoms. The van der Waals surface area contributed by atoms with Gasteiger partial charge in [-0.05, 0) is 30.7 Å². The van der Waals surface area contributed by atoms with Gasteiger partial charge in [-0.25, -0.2) is 0 Å². The number of methoxy groups -OCH3 is 1. The molecule has 0 fully saturated rings. The second-order valence-corrected chi connectivity index (χ2v) is 4.31. The smallest absolute Gasteiger partial charge is 0.0733 e. The van der Waals surface area contributed by atoms with Gasteiger partial charge in [0.2, 0.25) is 0 Å². The molecule has 0 saturated carbocycles. The third-order valence-electron chi connectivity index (χ3n) is 2.79. The first kappa shape index (κ1) is 12.5. The molecule has 0 aliphatic carbocycles. The lowest BCUT2D eigenvalue weighted by Crippen LogP contribution is -2.00. The fourth-order valence-electron chi connectivity index (χ4n) is 1.86. The Kier molecular flexibility index (Phi) is 3.85. The van der Waals surface area contributed by atoms with E-state index in [1.54, 1.807) is 7.11 Å². The van der Waals surface area contributed by atoms with Gasteiger partial charge in [-0.2, -0.15) is 0 Å². The molecule has 0 aromatic heterocycles. The highest BCUT2D eigenvalue weighted by Crippen LogP contribution is 2.26. The average molecular weight is 242 g/mol. The van der Waals surface area contributed by atoms with Crippen molar-refractivity contribution in [1.82, 2.24) is 0 Å². The fraction of sp³-hybridized carbons (Fsp3) is 0.200. The van der Waals surface area contributed by atoms with Crippen LogP contribution in [0.1, 0.15) is 11.1 Å². The van der Waals surface area contributed by atoms with Gasteiger partial charge in [-0.15, -0.1) is 0 Å². The molecule has 0 aliphatic rings. The summed E-state index contributed by atoms with van der Waals surface area (Å²) in [5.41, 5.74) is 11.0. The molecule has 3 N–H and O–H groups in total. The van der Waals surface area contributed by atoms with Gasteiger partial charge >= 0.3 is 0 Å². The Morgan fingerprint density at radius 2 is 1.89 bits per heavy atom. The van der Waals surface area contributed by atoms with Crippen molar-refractivity contribution in [2.75, 3.05) is 18.2 Å². The largest absolute Gasteiger partial charge is 0.397 e. The van der Waals surface area contributed by atoms with E-state index in [9.17, 15) is 0 Å². The second kappa shape index (κ2) is 5.56. The fourth-order valence-corrected chi connectivity index (χ4v) is 1.86. The van der Waals surface area contributed by atoms with Gasteiger partial charge in [0.25, 0.3) is 0 Å². The standard InChI is InChI=1S/C15H18N2O/c1-11-7-8-15(13(16)9-11)17-14-6-4-3-5-12(14)10-18-2/h3-9,17H,10,16H2,1-2H3. The summed E-state index contributed by atoms with van der Waals surface area (Å²) in [5.74, 6) is 0. The van der Waals surface area contributed by atoms with Gasteiger partial charge < -0.3 is 15.8 Å². The van der Waals surface area contributed by atoms with Crippen LogP contribution >= 0.6 is 0 Å². The summed E-state index contributed by atoms with van der Waals surface area (Å²) < 4.78 is 5.18. The molecule has 0 unspecified atom stereocenters. The van der Waals surface area contributed by atoms with E-state index in [0.29, 0.717) is 6.61 Å². The molecule has 0 atom stereocenters. The number of aryl methyl sites for hydroxylation is 1. The zero-order valence-electron chi connectivity index (χ0n) is 10.7. The van der Waals surface area contributed by atoms with Gasteiger partial charge in [0.05, 0.1) is 18.0 Å². The molecule has 0 radical (unpaired) electrons. The van der Waals surface area contributed by atoms with Crippen molar-refractivity contribution < 1.29 is 4.74 Å². The Labute approximate surface area is 108 Å². The summed E-state index contributed by atoms with van der Waals surface area (Å²) in [6.07, 6.45) is 0. The molecular formula is C15H18N2O. The number of rotatable bonds is 4. The number of anilines is 3. The molecule has 0 amide bonds. The van der Waals surface area contributed by atoms with E-state index < -0.39 is 0 Å². The Balaban J connectivity index is 2.28. The topological polar surface area (TPSA) is 47.3 Å². The number of nitrogen functional groups attached to an aromatic ring is 1. The molecule has 0 saturated heterocycles. The maximum absolute atomic E-state index is 6.00. The minimum absolute atomic E-state index is 0.578. The van der Waals surface area contributed by atoms with Crippen molar-refractivity contribution in [2.45, 2.75) is 13.5 Å². The maximum atomic E-state index is 6.00. The minimum Gasteiger partial charge on any atom is -0.397 e. The van der Waals surface area contributed by atoms with E-state index in [-0.39, 0.29) is 0 Å². The predicted octanol–water partition coefficient (Wildman–Crippen LogP) is 3.47. The van der Waals surface area contributed by atoms with Gasteiger partial charge in [0.15, 0.2) is 0 Å². The molecule has 2 aromatic rings. The molecular weight excluding hydrogens is 224 g/mol. The van der Waals surface area contributed by atoms with Gasteiger partial charge in [-0.1, -0.05) is 24.3 Å². The monoisotopic (exact) mass is 242 g/mol. The summed E-state index contributed by atoms with van der Waals surface area (Å²) >= 11 is 0. The quantitative estimate of drug-likeness (QED) is 0.807. The van der Waals surface area contributed by atoms with Crippen molar-refractivity contribution in [2.24, 2.45) is 0 Å². The van der Waals surface area contributed by atoms with E-state index in [4.69, 9.17) is 10.5 Å². The molecule has 2 rings (SSSR count). The summed E-state index contributed by atoms with van der Waals surface area (Å²) in [7, 11) is 1.69. The zero-order chi connectivity index (χ0) is 13.0. The van der Waals surface area contributed by atoms with Crippen molar-refractivity contribution in [3.05, 3.63) is 53.6 Å². The molecule has 0 bridgehead atoms. The third kappa shape index (κ3) is 2.81. The molecule has 3 nitrogen and oxygen atoms in total. The highest BCUT2D eigenvalue weighted by Gasteiger charge is 2.04. The molecule has 3 heteroatoms. The molecule has 2 aromatic carbocycles. The average Bonchev–Trinajstić information content (AvgIpc) is 2.35. The SMILES string of the molecule is COCc1ccccc1Nc1ccc(C)cc1N. The van der Waals surface area contributed by atoms with Crippen molar-refractivity contribution in [1.29, 1.82) is 0 Å². The van der Waals surface area contributed by atoms with Gasteiger partial charge in [0.1, 0.15) is 0 Å². The van der Waals surface area contributed by atoms with E-state index in [1.165, 1.54) is 0 Å². The highest BCUT2D eigenvalue weighted by molar-refractivity contribution is 5.74. The van der Waals surface area contributed by atoms with Crippen LogP contribution in [0.4, 0.5) is 17.1 Å². The van der Waals surface area contributed by atoms with Crippen molar-refractivity contribution in [3.63, 3.8) is 0 Å². The summed E-state index contributed by atoms with van der Waals surface area (Å²) in [6.45, 7) is 2.61. The highest BCUT2D eigenvalue weighted by atomic mass is 16.5. The zero-order valence-corrected chi connectivity index (χ0v) is 10.7. The second-order valence-electron chi connectivity index (χ2n) is 4.31. The Hall–Kier alpha value is -2.00. The van der Waals surface area contributed by atoms with Crippen LogP contribution in [-0.2, 0) is 11.3 Å². The van der Waals surface area contributed by atoms with Crippen LogP contribution in [0, 0.1) is 6.92 Å². The van der Waals surface area contributed by atoms with Crippen LogP contribution in [0.5, 0.6) is 0 Å². The van der Waals surface area contributed by atoms with E-state index in [0.717, 1.165) is 28.2 Å². The Morgan fingerprint density at radius 3 is 2.61 bits per heavy atom. The van der Waals surface area contributed by atoms with Crippen LogP contribution in [0.25, 0.3) is 0 Å². The van der Waals surface area contributed by atoms with E-state index in [1.807, 2.05) is 49.4 Å². The predicted molar refractivity (Wildman–Crippen MR) is 76.0 cm³/mol. The Bertz CT molecular complexity index is 538. The number of ether oxygens (including phenoxy) is 1. The number of hydrogen-bond donors (Lipinski definition) is 2. The molecule has 0 aliphatic heterocycles. The first-order chi connectivity index (χ1) is 8.70. The van der Waals surface area contributed by atoms with Gasteiger partial charge in [0, 0.05) is 18.4 Å². The molecule has 94 valence electrons. The van der Waals surface area contributed by atoms with Crippen LogP contribution in [0.2, 0.25) is 0 Å². The summed E-state index contributed by atoms with van der Waals surface area (Å²) in [4.78, 5) is 0. The number of nitrogens with two attached hydrogens (primary N) is 1. The number of benzene rings is 2. The maximum Gasteiger partial charge on any atom is 0.0733 e. The van der Waals surface area contributed by atoms with E-state index >= 15 is 0 Å². The lowest BCUT2D eigenvalue weighted by molar-refractivity contribution is 0.185. The van der Waals surface area contributed by atoms with Crippen LogP contribution in [0.15, 0.2) is 42.5 Å². The first-order valence-corrected chi connectivity index (χ1v) is 5.90. The summed E-state index contributed by atoms with van der Waals surface area (Å²) in [5, 5.41) is 3.35. The lowest BCUT2D eigenvalue weighted by atomic mass is 10.1.